The van der Waals surface area contributed by atoms with Crippen molar-refractivity contribution >= 4 is 53.4 Å². The number of rotatable bonds is 9. The number of carbonyl (C=O) groups excluding carboxylic acids is 1. The first-order chi connectivity index (χ1) is 17.5. The van der Waals surface area contributed by atoms with Crippen molar-refractivity contribution < 1.29 is 14.0 Å². The first-order valence-corrected chi connectivity index (χ1v) is 17.1. The van der Waals surface area contributed by atoms with Crippen LogP contribution in [0.3, 0.4) is 0 Å². The van der Waals surface area contributed by atoms with Crippen LogP contribution in [0.2, 0.25) is 23.2 Å². The van der Waals surface area contributed by atoms with Gasteiger partial charge in [0.15, 0.2) is 8.32 Å². The number of hydrogen-bond acceptors (Lipinski definition) is 5. The molecule has 0 N–H and O–H groups in total. The van der Waals surface area contributed by atoms with E-state index in [1.165, 1.54) is 40.0 Å². The summed E-state index contributed by atoms with van der Waals surface area (Å²) in [6, 6.07) is 13.0. The Morgan fingerprint density at radius 1 is 1.22 bits per heavy atom. The molecule has 198 valence electrons. The fraction of sp³-hybridized carbons (Fsp3) is 0.433. The number of benzene rings is 2. The lowest BCUT2D eigenvalue weighted by atomic mass is 10.0. The average molecular weight is 556 g/mol. The van der Waals surface area contributed by atoms with Gasteiger partial charge in [0.1, 0.15) is 0 Å². The molecule has 2 aromatic carbocycles. The van der Waals surface area contributed by atoms with Gasteiger partial charge in [0.25, 0.3) is 0 Å². The first-order valence-electron chi connectivity index (χ1n) is 12.9. The maximum Gasteiger partial charge on any atom is 0.330 e. The van der Waals surface area contributed by atoms with E-state index in [4.69, 9.17) is 20.8 Å². The van der Waals surface area contributed by atoms with E-state index in [2.05, 4.69) is 74.5 Å². The van der Waals surface area contributed by atoms with Crippen molar-refractivity contribution in [3.8, 4) is 0 Å². The Morgan fingerprint density at radius 2 is 2.00 bits per heavy atom. The van der Waals surface area contributed by atoms with Gasteiger partial charge in [-0.15, -0.1) is 11.3 Å². The normalized spacial score (nSPS) is 16.2. The molecular formula is C30H38ClNO3SSi. The molecule has 0 radical (unpaired) electrons. The highest BCUT2D eigenvalue weighted by Crippen LogP contribution is 2.40. The number of thiophene rings is 1. The highest BCUT2D eigenvalue weighted by atomic mass is 35.5. The third kappa shape index (κ3) is 6.55. The quantitative estimate of drug-likeness (QED) is 0.151. The predicted octanol–water partition coefficient (Wildman–Crippen LogP) is 8.25. The van der Waals surface area contributed by atoms with E-state index in [-0.39, 0.29) is 11.0 Å². The zero-order chi connectivity index (χ0) is 26.8. The average Bonchev–Trinajstić information content (AvgIpc) is 3.44. The number of methoxy groups -OCH3 is 1. The molecule has 1 aliphatic carbocycles. The SMILES string of the molecule is COC(=O)C=Cc1ccc2c(c1)CCC2N(CCO[Si](C)(C)C(C)(C)C)Cc1csc2ccc(Cl)cc12. The van der Waals surface area contributed by atoms with E-state index in [1.54, 1.807) is 11.3 Å². The summed E-state index contributed by atoms with van der Waals surface area (Å²) in [7, 11) is -0.433. The van der Waals surface area contributed by atoms with E-state index in [0.717, 1.165) is 43.1 Å². The smallest absolute Gasteiger partial charge is 0.330 e. The number of fused-ring (bicyclic) bond motifs is 2. The summed E-state index contributed by atoms with van der Waals surface area (Å²) in [5.74, 6) is -0.339. The summed E-state index contributed by atoms with van der Waals surface area (Å²) in [4.78, 5) is 14.1. The molecule has 1 aliphatic rings. The first kappa shape index (κ1) is 28.1. The van der Waals surface area contributed by atoms with Crippen LogP contribution in [0.15, 0.2) is 47.9 Å². The van der Waals surface area contributed by atoms with Crippen LogP contribution >= 0.6 is 22.9 Å². The summed E-state index contributed by atoms with van der Waals surface area (Å²) >= 11 is 8.15. The van der Waals surface area contributed by atoms with Gasteiger partial charge in [-0.3, -0.25) is 4.90 Å². The molecule has 1 unspecified atom stereocenters. The molecule has 1 atom stereocenters. The van der Waals surface area contributed by atoms with Gasteiger partial charge >= 0.3 is 5.97 Å². The second-order valence-corrected chi connectivity index (χ2v) is 17.5. The van der Waals surface area contributed by atoms with Gasteiger partial charge in [0.2, 0.25) is 0 Å². The maximum absolute atomic E-state index is 11.5. The largest absolute Gasteiger partial charge is 0.466 e. The maximum atomic E-state index is 11.5. The van der Waals surface area contributed by atoms with Crippen molar-refractivity contribution in [3.05, 3.63) is 75.1 Å². The zero-order valence-electron chi connectivity index (χ0n) is 22.8. The standard InChI is InChI=1S/C30H38ClNO3SSi/c1-30(2,3)37(5,6)35-16-15-32(19-23-20-36-28-13-10-24(31)18-26(23)28)27-12-9-22-17-21(7-11-25(22)27)8-14-29(33)34-4/h7-8,10-11,13-14,17-18,20,27H,9,12,15-16,19H2,1-6H3. The van der Waals surface area contributed by atoms with Gasteiger partial charge in [0.05, 0.1) is 7.11 Å². The van der Waals surface area contributed by atoms with Crippen LogP contribution in [0.25, 0.3) is 16.2 Å². The molecule has 4 rings (SSSR count). The summed E-state index contributed by atoms with van der Waals surface area (Å²) in [6.07, 6.45) is 5.40. The van der Waals surface area contributed by atoms with Crippen LogP contribution in [0, 0.1) is 0 Å². The van der Waals surface area contributed by atoms with Gasteiger partial charge in [-0.1, -0.05) is 50.6 Å². The Kier molecular flexibility index (Phi) is 8.66. The van der Waals surface area contributed by atoms with Crippen LogP contribution in [0.4, 0.5) is 0 Å². The molecule has 7 heteroatoms. The van der Waals surface area contributed by atoms with Gasteiger partial charge < -0.3 is 9.16 Å². The van der Waals surface area contributed by atoms with Crippen molar-refractivity contribution in [1.82, 2.24) is 4.90 Å². The Bertz CT molecular complexity index is 1290. The third-order valence-electron chi connectivity index (χ3n) is 7.90. The Labute approximate surface area is 231 Å². The zero-order valence-corrected chi connectivity index (χ0v) is 25.3. The lowest BCUT2D eigenvalue weighted by molar-refractivity contribution is -0.134. The van der Waals surface area contributed by atoms with Gasteiger partial charge in [0, 0.05) is 41.5 Å². The molecular weight excluding hydrogens is 518 g/mol. The summed E-state index contributed by atoms with van der Waals surface area (Å²) in [6.45, 7) is 14.0. The third-order valence-corrected chi connectivity index (χ3v) is 13.7. The molecule has 0 bridgehead atoms. The predicted molar refractivity (Wildman–Crippen MR) is 159 cm³/mol. The summed E-state index contributed by atoms with van der Waals surface area (Å²) < 4.78 is 12.6. The van der Waals surface area contributed by atoms with Crippen LogP contribution in [0.5, 0.6) is 0 Å². The molecule has 0 saturated carbocycles. The molecule has 0 fully saturated rings. The number of ether oxygens (including phenoxy) is 1. The minimum absolute atomic E-state index is 0.187. The van der Waals surface area contributed by atoms with Gasteiger partial charge in [-0.25, -0.2) is 4.79 Å². The number of aryl methyl sites for hydroxylation is 1. The van der Waals surface area contributed by atoms with E-state index in [0.29, 0.717) is 6.04 Å². The van der Waals surface area contributed by atoms with E-state index < -0.39 is 8.32 Å². The van der Waals surface area contributed by atoms with Crippen LogP contribution in [-0.4, -0.2) is 39.4 Å². The lowest BCUT2D eigenvalue weighted by Crippen LogP contribution is -2.43. The van der Waals surface area contributed by atoms with Gasteiger partial charge in [-0.05, 0) is 88.3 Å². The molecule has 0 spiro atoms. The van der Waals surface area contributed by atoms with E-state index >= 15 is 0 Å². The molecule has 3 aromatic rings. The highest BCUT2D eigenvalue weighted by molar-refractivity contribution is 7.17. The summed E-state index contributed by atoms with van der Waals surface area (Å²) in [5, 5.41) is 4.49. The fourth-order valence-electron chi connectivity index (χ4n) is 4.71. The number of carbonyl (C=O) groups is 1. The minimum atomic E-state index is -1.83. The number of nitrogens with zero attached hydrogens (tertiary/aromatic N) is 1. The number of hydrogen-bond donors (Lipinski definition) is 0. The minimum Gasteiger partial charge on any atom is -0.466 e. The van der Waals surface area contributed by atoms with Crippen LogP contribution < -0.4 is 0 Å². The second-order valence-electron chi connectivity index (χ2n) is 11.3. The van der Waals surface area contributed by atoms with Crippen molar-refractivity contribution in [1.29, 1.82) is 0 Å². The second kappa shape index (κ2) is 11.4. The topological polar surface area (TPSA) is 38.8 Å². The number of halogens is 1. The molecule has 4 nitrogen and oxygen atoms in total. The molecule has 0 saturated heterocycles. The Morgan fingerprint density at radius 3 is 2.73 bits per heavy atom. The van der Waals surface area contributed by atoms with Crippen LogP contribution in [0.1, 0.15) is 55.5 Å². The monoisotopic (exact) mass is 555 g/mol. The van der Waals surface area contributed by atoms with Crippen molar-refractivity contribution in [2.24, 2.45) is 0 Å². The van der Waals surface area contributed by atoms with E-state index in [9.17, 15) is 4.79 Å². The van der Waals surface area contributed by atoms with Crippen molar-refractivity contribution in [2.45, 2.75) is 64.3 Å². The molecule has 37 heavy (non-hydrogen) atoms. The van der Waals surface area contributed by atoms with Crippen molar-refractivity contribution in [2.75, 3.05) is 20.3 Å². The molecule has 1 heterocycles. The Hall–Kier alpha value is -1.96. The molecule has 0 aliphatic heterocycles. The van der Waals surface area contributed by atoms with Crippen molar-refractivity contribution in [3.63, 3.8) is 0 Å². The highest BCUT2D eigenvalue weighted by Gasteiger charge is 2.37. The molecule has 1 aromatic heterocycles. The van der Waals surface area contributed by atoms with Crippen LogP contribution in [-0.2, 0) is 26.9 Å². The number of esters is 1. The lowest BCUT2D eigenvalue weighted by Gasteiger charge is -2.37. The Balaban J connectivity index is 1.59. The molecule has 0 amide bonds. The van der Waals surface area contributed by atoms with Gasteiger partial charge in [-0.2, -0.15) is 0 Å². The van der Waals surface area contributed by atoms with E-state index in [1.807, 2.05) is 12.1 Å². The summed E-state index contributed by atoms with van der Waals surface area (Å²) in [5.41, 5.74) is 5.07. The fourth-order valence-corrected chi connectivity index (χ4v) is 6.85.